The van der Waals surface area contributed by atoms with Crippen molar-refractivity contribution in [3.05, 3.63) is 95.3 Å². The van der Waals surface area contributed by atoms with E-state index in [9.17, 15) is 27.2 Å². The number of rotatable bonds is 3. The van der Waals surface area contributed by atoms with Gasteiger partial charge in [0.2, 0.25) is 5.91 Å². The van der Waals surface area contributed by atoms with Gasteiger partial charge in [0.05, 0.1) is 11.6 Å². The molecule has 0 saturated heterocycles. The Balaban J connectivity index is 1.78. The van der Waals surface area contributed by atoms with Gasteiger partial charge in [0.25, 0.3) is 5.91 Å². The zero-order chi connectivity index (χ0) is 24.6. The van der Waals surface area contributed by atoms with Crippen LogP contribution in [0.5, 0.6) is 0 Å². The molecule has 0 bridgehead atoms. The van der Waals surface area contributed by atoms with E-state index < -0.39 is 29.5 Å². The third kappa shape index (κ3) is 4.27. The van der Waals surface area contributed by atoms with Crippen molar-refractivity contribution in [3.63, 3.8) is 0 Å². The van der Waals surface area contributed by atoms with E-state index in [0.717, 1.165) is 6.07 Å². The first-order valence-corrected chi connectivity index (χ1v) is 10.7. The Morgan fingerprint density at radius 1 is 0.971 bits per heavy atom. The summed E-state index contributed by atoms with van der Waals surface area (Å²) in [6.07, 6.45) is -4.56. The van der Waals surface area contributed by atoms with E-state index >= 15 is 0 Å². The molecule has 0 N–H and O–H groups in total. The van der Waals surface area contributed by atoms with E-state index in [4.69, 9.17) is 0 Å². The maximum atomic E-state index is 13.8. The van der Waals surface area contributed by atoms with E-state index in [2.05, 4.69) is 0 Å². The van der Waals surface area contributed by atoms with Crippen LogP contribution in [0.1, 0.15) is 47.8 Å². The molecule has 3 aromatic rings. The van der Waals surface area contributed by atoms with Crippen molar-refractivity contribution in [3.8, 4) is 0 Å². The fourth-order valence-corrected chi connectivity index (χ4v) is 4.52. The number of carbonyl (C=O) groups is 2. The topological polar surface area (TPSA) is 40.6 Å². The standard InChI is InChI=1S/C26H22F4N2O2/c1-16-14-24(32(17(2)33)19-8-4-3-5-9-19)20-10-6-7-11-23(20)31(16)25(34)18-12-13-22(27)21(15-18)26(28,29)30/h3-13,15-16,24H,14H2,1-2H3/t16-,24+/m1/s1. The lowest BCUT2D eigenvalue weighted by molar-refractivity contribution is -0.140. The van der Waals surface area contributed by atoms with Crippen molar-refractivity contribution < 1.29 is 27.2 Å². The summed E-state index contributed by atoms with van der Waals surface area (Å²) in [6, 6.07) is 17.6. The lowest BCUT2D eigenvalue weighted by Crippen LogP contribution is -2.47. The molecule has 0 aliphatic carbocycles. The molecular weight excluding hydrogens is 448 g/mol. The molecule has 176 valence electrons. The number of amides is 2. The molecule has 0 unspecified atom stereocenters. The Morgan fingerprint density at radius 3 is 2.26 bits per heavy atom. The van der Waals surface area contributed by atoms with Crippen LogP contribution in [0.4, 0.5) is 28.9 Å². The SMILES string of the molecule is CC(=O)N(c1ccccc1)[C@H]1C[C@@H](C)N(C(=O)c2ccc(F)c(C(F)(F)F)c2)c2ccccc21. The molecule has 4 rings (SSSR count). The number of alkyl halides is 3. The number of halogens is 4. The van der Waals surface area contributed by atoms with Gasteiger partial charge in [-0.1, -0.05) is 36.4 Å². The van der Waals surface area contributed by atoms with Crippen LogP contribution in [0.25, 0.3) is 0 Å². The Morgan fingerprint density at radius 2 is 1.62 bits per heavy atom. The molecule has 0 fully saturated rings. The number of nitrogens with zero attached hydrogens (tertiary/aromatic N) is 2. The zero-order valence-corrected chi connectivity index (χ0v) is 18.5. The molecule has 1 heterocycles. The smallest absolute Gasteiger partial charge is 0.305 e. The Bertz CT molecular complexity index is 1230. The quantitative estimate of drug-likeness (QED) is 0.417. The Labute approximate surface area is 194 Å². The zero-order valence-electron chi connectivity index (χ0n) is 18.5. The number of carbonyl (C=O) groups excluding carboxylic acids is 2. The number of hydrogen-bond donors (Lipinski definition) is 0. The van der Waals surface area contributed by atoms with Gasteiger partial charge >= 0.3 is 6.18 Å². The first kappa shape index (κ1) is 23.5. The third-order valence-electron chi connectivity index (χ3n) is 5.98. The highest BCUT2D eigenvalue weighted by atomic mass is 19.4. The summed E-state index contributed by atoms with van der Waals surface area (Å²) < 4.78 is 53.5. The lowest BCUT2D eigenvalue weighted by atomic mass is 9.89. The molecule has 4 nitrogen and oxygen atoms in total. The normalized spacial score (nSPS) is 17.8. The maximum absolute atomic E-state index is 13.8. The van der Waals surface area contributed by atoms with Crippen LogP contribution in [0, 0.1) is 5.82 Å². The molecular formula is C26H22F4N2O2. The fourth-order valence-electron chi connectivity index (χ4n) is 4.52. The first-order valence-electron chi connectivity index (χ1n) is 10.7. The number of anilines is 2. The van der Waals surface area contributed by atoms with Gasteiger partial charge in [0.1, 0.15) is 5.82 Å². The van der Waals surface area contributed by atoms with Crippen LogP contribution >= 0.6 is 0 Å². The van der Waals surface area contributed by atoms with Crippen LogP contribution < -0.4 is 9.80 Å². The van der Waals surface area contributed by atoms with Crippen LogP contribution in [-0.2, 0) is 11.0 Å². The van der Waals surface area contributed by atoms with E-state index in [1.165, 1.54) is 11.8 Å². The monoisotopic (exact) mass is 470 g/mol. The summed E-state index contributed by atoms with van der Waals surface area (Å²) in [5.74, 6) is -2.28. The first-order chi connectivity index (χ1) is 16.1. The molecule has 8 heteroatoms. The van der Waals surface area contributed by atoms with Crippen molar-refractivity contribution >= 4 is 23.2 Å². The van der Waals surface area contributed by atoms with Crippen molar-refractivity contribution in [2.75, 3.05) is 9.80 Å². The molecule has 1 aliphatic heterocycles. The van der Waals surface area contributed by atoms with Crippen molar-refractivity contribution in [1.82, 2.24) is 0 Å². The average Bonchev–Trinajstić information content (AvgIpc) is 2.79. The van der Waals surface area contributed by atoms with Gasteiger partial charge in [0.15, 0.2) is 0 Å². The lowest BCUT2D eigenvalue weighted by Gasteiger charge is -2.43. The average molecular weight is 470 g/mol. The number of fused-ring (bicyclic) bond motifs is 1. The summed E-state index contributed by atoms with van der Waals surface area (Å²) in [4.78, 5) is 29.1. The Hall–Kier alpha value is -3.68. The second-order valence-electron chi connectivity index (χ2n) is 8.25. The largest absolute Gasteiger partial charge is 0.419 e. The summed E-state index contributed by atoms with van der Waals surface area (Å²) in [5.41, 5.74) is 0.152. The van der Waals surface area contributed by atoms with Gasteiger partial charge in [-0.25, -0.2) is 4.39 Å². The molecule has 3 aromatic carbocycles. The molecule has 0 radical (unpaired) electrons. The maximum Gasteiger partial charge on any atom is 0.419 e. The van der Waals surface area contributed by atoms with Gasteiger partial charge < -0.3 is 9.80 Å². The number of benzene rings is 3. The van der Waals surface area contributed by atoms with E-state index in [-0.39, 0.29) is 17.5 Å². The van der Waals surface area contributed by atoms with Crippen LogP contribution in [0.15, 0.2) is 72.8 Å². The second kappa shape index (κ2) is 8.93. The molecule has 0 saturated carbocycles. The highest BCUT2D eigenvalue weighted by Gasteiger charge is 2.39. The molecule has 2 amide bonds. The predicted molar refractivity (Wildman–Crippen MR) is 121 cm³/mol. The summed E-state index contributed by atoms with van der Waals surface area (Å²) in [5, 5.41) is 0. The molecule has 2 atom stereocenters. The molecule has 34 heavy (non-hydrogen) atoms. The highest BCUT2D eigenvalue weighted by molar-refractivity contribution is 6.07. The third-order valence-corrected chi connectivity index (χ3v) is 5.98. The summed E-state index contributed by atoms with van der Waals surface area (Å²) in [7, 11) is 0. The van der Waals surface area contributed by atoms with Gasteiger partial charge in [-0.05, 0) is 55.3 Å². The van der Waals surface area contributed by atoms with E-state index in [1.807, 2.05) is 30.3 Å². The predicted octanol–water partition coefficient (Wildman–Crippen LogP) is 6.38. The minimum absolute atomic E-state index is 0.175. The summed E-state index contributed by atoms with van der Waals surface area (Å²) in [6.45, 7) is 3.24. The fraction of sp³-hybridized carbons (Fsp3) is 0.231. The van der Waals surface area contributed by atoms with Crippen molar-refractivity contribution in [2.45, 2.75) is 38.5 Å². The molecule has 1 aliphatic rings. The van der Waals surface area contributed by atoms with Crippen LogP contribution in [0.2, 0.25) is 0 Å². The van der Waals surface area contributed by atoms with E-state index in [0.29, 0.717) is 35.5 Å². The minimum Gasteiger partial charge on any atom is -0.305 e. The van der Waals surface area contributed by atoms with Crippen molar-refractivity contribution in [1.29, 1.82) is 0 Å². The minimum atomic E-state index is -4.92. The number of hydrogen-bond acceptors (Lipinski definition) is 2. The van der Waals surface area contributed by atoms with E-state index in [1.54, 1.807) is 36.1 Å². The van der Waals surface area contributed by atoms with Gasteiger partial charge in [0, 0.05) is 29.9 Å². The number of para-hydroxylation sites is 2. The summed E-state index contributed by atoms with van der Waals surface area (Å²) >= 11 is 0. The van der Waals surface area contributed by atoms with Crippen LogP contribution in [-0.4, -0.2) is 17.9 Å². The van der Waals surface area contributed by atoms with Gasteiger partial charge in [-0.15, -0.1) is 0 Å². The molecule has 0 spiro atoms. The Kier molecular flexibility index (Phi) is 6.17. The highest BCUT2D eigenvalue weighted by Crippen LogP contribution is 2.43. The molecule has 0 aromatic heterocycles. The van der Waals surface area contributed by atoms with Crippen molar-refractivity contribution in [2.24, 2.45) is 0 Å². The second-order valence-corrected chi connectivity index (χ2v) is 8.25. The van der Waals surface area contributed by atoms with Gasteiger partial charge in [-0.3, -0.25) is 9.59 Å². The van der Waals surface area contributed by atoms with Gasteiger partial charge in [-0.2, -0.15) is 13.2 Å². The van der Waals surface area contributed by atoms with Crippen LogP contribution in [0.3, 0.4) is 0 Å².